The predicted molar refractivity (Wildman–Crippen MR) is 71.2 cm³/mol. The van der Waals surface area contributed by atoms with Crippen molar-refractivity contribution < 1.29 is 29.4 Å². The van der Waals surface area contributed by atoms with E-state index >= 15 is 0 Å². The smallest absolute Gasteiger partial charge is 0.372 e. The molecule has 0 aliphatic carbocycles. The molecule has 6 heteroatoms. The summed E-state index contributed by atoms with van der Waals surface area (Å²) < 4.78 is 0. The molecule has 0 aromatic carbocycles. The normalized spacial score (nSPS) is 16.8. The number of Topliss-reactive ketones (excluding diaryl/α,β-unsaturated/α-hetero) is 2. The fraction of sp³-hybridized carbons (Fsp3) is 0.714. The van der Waals surface area contributed by atoms with Crippen molar-refractivity contribution in [1.29, 1.82) is 0 Å². The van der Waals surface area contributed by atoms with Gasteiger partial charge in [0.15, 0.2) is 0 Å². The van der Waals surface area contributed by atoms with E-state index in [1.54, 1.807) is 27.7 Å². The number of ketones is 2. The van der Waals surface area contributed by atoms with Crippen molar-refractivity contribution in [3.8, 4) is 0 Å². The van der Waals surface area contributed by atoms with Gasteiger partial charge in [-0.1, -0.05) is 40.5 Å². The number of rotatable bonds is 9. The molecule has 0 saturated carbocycles. The van der Waals surface area contributed by atoms with Gasteiger partial charge in [-0.25, -0.2) is 9.59 Å². The first-order valence-electron chi connectivity index (χ1n) is 6.73. The van der Waals surface area contributed by atoms with E-state index in [0.29, 0.717) is 12.8 Å². The third-order valence-corrected chi connectivity index (χ3v) is 3.93. The number of carboxylic acid groups (broad SMARTS) is 2. The first-order chi connectivity index (χ1) is 9.18. The molecule has 0 aromatic rings. The average molecular weight is 286 g/mol. The van der Waals surface area contributed by atoms with Crippen LogP contribution in [0.5, 0.6) is 0 Å². The molecule has 20 heavy (non-hydrogen) atoms. The molecule has 0 fully saturated rings. The molecule has 2 N–H and O–H groups in total. The molecular weight excluding hydrogens is 264 g/mol. The molecule has 0 aliphatic rings. The first-order valence-corrected chi connectivity index (χ1v) is 6.73. The van der Waals surface area contributed by atoms with Crippen molar-refractivity contribution in [2.45, 2.75) is 40.5 Å². The summed E-state index contributed by atoms with van der Waals surface area (Å²) in [6, 6.07) is 0. The topological polar surface area (TPSA) is 109 Å². The Hall–Kier alpha value is -1.72. The minimum absolute atomic E-state index is 0.374. The Morgan fingerprint density at radius 2 is 1.00 bits per heavy atom. The highest BCUT2D eigenvalue weighted by Crippen LogP contribution is 2.33. The molecule has 0 saturated heterocycles. The Labute approximate surface area is 118 Å². The summed E-state index contributed by atoms with van der Waals surface area (Å²) in [5.41, 5.74) is 0. The maximum Gasteiger partial charge on any atom is 0.372 e. The van der Waals surface area contributed by atoms with Gasteiger partial charge < -0.3 is 10.2 Å². The maximum absolute atomic E-state index is 11.9. The van der Waals surface area contributed by atoms with Crippen molar-refractivity contribution in [1.82, 2.24) is 0 Å². The van der Waals surface area contributed by atoms with Gasteiger partial charge in [0.2, 0.25) is 11.6 Å². The van der Waals surface area contributed by atoms with Crippen molar-refractivity contribution >= 4 is 23.5 Å². The molecule has 0 radical (unpaired) electrons. The summed E-state index contributed by atoms with van der Waals surface area (Å²) in [6.45, 7) is 6.86. The highest BCUT2D eigenvalue weighted by atomic mass is 16.4. The second-order valence-electron chi connectivity index (χ2n) is 5.16. The van der Waals surface area contributed by atoms with Gasteiger partial charge in [-0.15, -0.1) is 0 Å². The minimum atomic E-state index is -1.62. The van der Waals surface area contributed by atoms with Crippen molar-refractivity contribution in [3.05, 3.63) is 0 Å². The molecule has 0 rings (SSSR count). The summed E-state index contributed by atoms with van der Waals surface area (Å²) in [5.74, 6) is -8.36. The van der Waals surface area contributed by atoms with Crippen LogP contribution in [0.15, 0.2) is 0 Å². The molecule has 4 unspecified atom stereocenters. The van der Waals surface area contributed by atoms with Crippen LogP contribution in [0.3, 0.4) is 0 Å². The van der Waals surface area contributed by atoms with E-state index in [4.69, 9.17) is 10.2 Å². The Kier molecular flexibility index (Phi) is 7.10. The number of aliphatic carboxylic acids is 2. The van der Waals surface area contributed by atoms with Gasteiger partial charge in [0.25, 0.3) is 0 Å². The summed E-state index contributed by atoms with van der Waals surface area (Å²) >= 11 is 0. The van der Waals surface area contributed by atoms with Crippen LogP contribution >= 0.6 is 0 Å². The average Bonchev–Trinajstić information content (AvgIpc) is 2.41. The van der Waals surface area contributed by atoms with Gasteiger partial charge in [0.05, 0.1) is 0 Å². The van der Waals surface area contributed by atoms with E-state index < -0.39 is 35.3 Å². The predicted octanol–water partition coefficient (Wildman–Crippen LogP) is 1.62. The quantitative estimate of drug-likeness (QED) is 0.623. The van der Waals surface area contributed by atoms with E-state index in [1.807, 2.05) is 0 Å². The van der Waals surface area contributed by atoms with Gasteiger partial charge in [0, 0.05) is 11.8 Å². The lowest BCUT2D eigenvalue weighted by Crippen LogP contribution is -2.43. The van der Waals surface area contributed by atoms with Crippen molar-refractivity contribution in [3.63, 3.8) is 0 Å². The van der Waals surface area contributed by atoms with Gasteiger partial charge in [-0.3, -0.25) is 9.59 Å². The van der Waals surface area contributed by atoms with Gasteiger partial charge in [-0.2, -0.15) is 0 Å². The van der Waals surface area contributed by atoms with Gasteiger partial charge >= 0.3 is 11.9 Å². The number of hydrogen-bond acceptors (Lipinski definition) is 4. The standard InChI is InChI=1S/C14H22O6/c1-5-7(3)9(11(15)13(17)18)10(8(4)6-2)12(16)14(19)20/h7-10H,5-6H2,1-4H3,(H,17,18)(H,19,20). The SMILES string of the molecule is CCC(C)C(C(=O)C(=O)O)C(C(=O)C(=O)O)C(C)CC. The van der Waals surface area contributed by atoms with Crippen LogP contribution < -0.4 is 0 Å². The second kappa shape index (κ2) is 7.77. The fourth-order valence-corrected chi connectivity index (χ4v) is 2.34. The maximum atomic E-state index is 11.9. The molecule has 0 amide bonds. The lowest BCUT2D eigenvalue weighted by Gasteiger charge is -2.30. The Bertz CT molecular complexity index is 362. The number of carbonyl (C=O) groups is 4. The number of carbonyl (C=O) groups excluding carboxylic acids is 2. The Morgan fingerprint density at radius 1 is 0.750 bits per heavy atom. The van der Waals surface area contributed by atoms with Gasteiger partial charge in [-0.05, 0) is 11.8 Å². The third kappa shape index (κ3) is 4.15. The monoisotopic (exact) mass is 286 g/mol. The first kappa shape index (κ1) is 18.3. The summed E-state index contributed by atoms with van der Waals surface area (Å²) in [5, 5.41) is 17.8. The molecule has 114 valence electrons. The molecule has 6 nitrogen and oxygen atoms in total. The zero-order chi connectivity index (χ0) is 16.0. The van der Waals surface area contributed by atoms with E-state index in [0.717, 1.165) is 0 Å². The van der Waals surface area contributed by atoms with E-state index in [2.05, 4.69) is 0 Å². The second-order valence-corrected chi connectivity index (χ2v) is 5.16. The summed E-state index contributed by atoms with van der Waals surface area (Å²) in [6.07, 6.45) is 0.979. The highest BCUT2D eigenvalue weighted by molar-refractivity contribution is 6.37. The zero-order valence-electron chi connectivity index (χ0n) is 12.3. The highest BCUT2D eigenvalue weighted by Gasteiger charge is 2.43. The molecule has 0 spiro atoms. The van der Waals surface area contributed by atoms with E-state index in [9.17, 15) is 19.2 Å². The zero-order valence-corrected chi connectivity index (χ0v) is 12.3. The van der Waals surface area contributed by atoms with Crippen LogP contribution in [0.2, 0.25) is 0 Å². The summed E-state index contributed by atoms with van der Waals surface area (Å²) in [4.78, 5) is 45.7. The summed E-state index contributed by atoms with van der Waals surface area (Å²) in [7, 11) is 0. The molecule has 0 heterocycles. The van der Waals surface area contributed by atoms with Gasteiger partial charge in [0.1, 0.15) is 0 Å². The molecule has 0 aliphatic heterocycles. The minimum Gasteiger partial charge on any atom is -0.475 e. The van der Waals surface area contributed by atoms with Crippen molar-refractivity contribution in [2.75, 3.05) is 0 Å². The van der Waals surface area contributed by atoms with Crippen LogP contribution in [0, 0.1) is 23.7 Å². The van der Waals surface area contributed by atoms with Crippen LogP contribution in [0.4, 0.5) is 0 Å². The number of carboxylic acids is 2. The Balaban J connectivity index is 5.74. The largest absolute Gasteiger partial charge is 0.475 e. The van der Waals surface area contributed by atoms with E-state index in [1.165, 1.54) is 0 Å². The molecule has 0 bridgehead atoms. The van der Waals surface area contributed by atoms with Crippen LogP contribution in [0.25, 0.3) is 0 Å². The van der Waals surface area contributed by atoms with Crippen LogP contribution in [0.1, 0.15) is 40.5 Å². The number of hydrogen-bond donors (Lipinski definition) is 2. The molecule has 0 aromatic heterocycles. The lowest BCUT2D eigenvalue weighted by molar-refractivity contribution is -0.158. The third-order valence-electron chi connectivity index (χ3n) is 3.93. The van der Waals surface area contributed by atoms with Crippen molar-refractivity contribution in [2.24, 2.45) is 23.7 Å². The Morgan fingerprint density at radius 3 is 1.15 bits per heavy atom. The van der Waals surface area contributed by atoms with Crippen LogP contribution in [-0.4, -0.2) is 33.7 Å². The molecular formula is C14H22O6. The fourth-order valence-electron chi connectivity index (χ4n) is 2.34. The lowest BCUT2D eigenvalue weighted by atomic mass is 9.70. The van der Waals surface area contributed by atoms with E-state index in [-0.39, 0.29) is 11.8 Å². The van der Waals surface area contributed by atoms with Crippen LogP contribution in [-0.2, 0) is 19.2 Å². The molecule has 4 atom stereocenters.